The van der Waals surface area contributed by atoms with Crippen LogP contribution in [0.4, 0.5) is 0 Å². The van der Waals surface area contributed by atoms with E-state index in [-0.39, 0.29) is 23.1 Å². The van der Waals surface area contributed by atoms with E-state index >= 15 is 0 Å². The molecule has 2 aliphatic heterocycles. The Morgan fingerprint density at radius 1 is 1.09 bits per heavy atom. The third-order valence-electron chi connectivity index (χ3n) is 5.97. The van der Waals surface area contributed by atoms with E-state index in [9.17, 15) is 13.2 Å². The van der Waals surface area contributed by atoms with Crippen molar-refractivity contribution >= 4 is 15.9 Å². The number of amides is 1. The molecule has 32 heavy (non-hydrogen) atoms. The monoisotopic (exact) mass is 460 g/mol. The lowest BCUT2D eigenvalue weighted by Gasteiger charge is -2.37. The van der Waals surface area contributed by atoms with Crippen LogP contribution in [0.2, 0.25) is 0 Å². The largest absolute Gasteiger partial charge is 0.495 e. The molecular formula is C23H28N2O6S. The van der Waals surface area contributed by atoms with Crippen molar-refractivity contribution < 1.29 is 27.4 Å². The number of hydrogen-bond donors (Lipinski definition) is 0. The number of ether oxygens (including phenoxy) is 3. The third-order valence-corrected chi connectivity index (χ3v) is 7.80. The quantitative estimate of drug-likeness (QED) is 0.659. The van der Waals surface area contributed by atoms with Gasteiger partial charge in [0.25, 0.3) is 5.91 Å². The Labute approximate surface area is 188 Å². The lowest BCUT2D eigenvalue weighted by Crippen LogP contribution is -2.47. The molecule has 2 heterocycles. The smallest absolute Gasteiger partial charge is 0.253 e. The predicted octanol–water partition coefficient (Wildman–Crippen LogP) is 2.50. The van der Waals surface area contributed by atoms with Crippen LogP contribution in [0.15, 0.2) is 53.4 Å². The van der Waals surface area contributed by atoms with Crippen LogP contribution in [0.5, 0.6) is 5.75 Å². The Morgan fingerprint density at radius 2 is 1.75 bits per heavy atom. The molecule has 0 radical (unpaired) electrons. The maximum Gasteiger partial charge on any atom is 0.253 e. The van der Waals surface area contributed by atoms with E-state index in [0.717, 1.165) is 5.56 Å². The minimum absolute atomic E-state index is 0.0276. The highest BCUT2D eigenvalue weighted by atomic mass is 32.2. The predicted molar refractivity (Wildman–Crippen MR) is 118 cm³/mol. The molecular weight excluding hydrogens is 432 g/mol. The Balaban J connectivity index is 1.55. The summed E-state index contributed by atoms with van der Waals surface area (Å²) in [4.78, 5) is 14.8. The molecule has 0 aromatic heterocycles. The van der Waals surface area contributed by atoms with E-state index in [1.54, 1.807) is 11.0 Å². The number of likely N-dealkylation sites (tertiary alicyclic amines) is 1. The van der Waals surface area contributed by atoms with Gasteiger partial charge in [-0.3, -0.25) is 4.79 Å². The number of carbonyl (C=O) groups excluding carboxylic acids is 1. The van der Waals surface area contributed by atoms with Gasteiger partial charge < -0.3 is 19.1 Å². The lowest BCUT2D eigenvalue weighted by atomic mass is 10.0. The van der Waals surface area contributed by atoms with E-state index in [2.05, 4.69) is 0 Å². The first-order chi connectivity index (χ1) is 15.3. The highest BCUT2D eigenvalue weighted by Crippen LogP contribution is 2.33. The SMILES string of the molecule is COc1ccc(C(=O)N2CCC3(CC2)OCCO3)cc1S(=O)(=O)N(C)Cc1ccccc1. The van der Waals surface area contributed by atoms with Gasteiger partial charge in [0.15, 0.2) is 5.79 Å². The molecule has 9 heteroatoms. The minimum Gasteiger partial charge on any atom is -0.495 e. The molecule has 4 rings (SSSR count). The van der Waals surface area contributed by atoms with Gasteiger partial charge in [-0.25, -0.2) is 8.42 Å². The van der Waals surface area contributed by atoms with Crippen LogP contribution in [0, 0.1) is 0 Å². The van der Waals surface area contributed by atoms with Crippen LogP contribution in [-0.2, 0) is 26.0 Å². The number of methoxy groups -OCH3 is 1. The van der Waals surface area contributed by atoms with Crippen LogP contribution < -0.4 is 4.74 Å². The second kappa shape index (κ2) is 9.19. The summed E-state index contributed by atoms with van der Waals surface area (Å²) in [6.07, 6.45) is 1.19. The molecule has 2 saturated heterocycles. The van der Waals surface area contributed by atoms with Crippen LogP contribution in [-0.4, -0.2) is 69.8 Å². The average molecular weight is 461 g/mol. The Bertz CT molecular complexity index is 1060. The van der Waals surface area contributed by atoms with Crippen molar-refractivity contribution in [3.63, 3.8) is 0 Å². The molecule has 0 atom stereocenters. The van der Waals surface area contributed by atoms with Crippen molar-refractivity contribution in [1.82, 2.24) is 9.21 Å². The summed E-state index contributed by atoms with van der Waals surface area (Å²) < 4.78 is 44.7. The summed E-state index contributed by atoms with van der Waals surface area (Å²) in [7, 11) is -0.956. The highest BCUT2D eigenvalue weighted by molar-refractivity contribution is 7.89. The standard InChI is InChI=1S/C23H28N2O6S/c1-24(17-18-6-4-3-5-7-18)32(27,28)21-16-19(8-9-20(21)29-2)22(26)25-12-10-23(11-13-25)30-14-15-31-23/h3-9,16H,10-15,17H2,1-2H3. The molecule has 0 N–H and O–H groups in total. The molecule has 0 unspecified atom stereocenters. The fourth-order valence-electron chi connectivity index (χ4n) is 4.12. The van der Waals surface area contributed by atoms with Gasteiger partial charge in [0.1, 0.15) is 10.6 Å². The Hall–Kier alpha value is -2.46. The second-order valence-corrected chi connectivity index (χ2v) is 10.0. The number of piperidine rings is 1. The van der Waals surface area contributed by atoms with Crippen LogP contribution in [0.3, 0.4) is 0 Å². The van der Waals surface area contributed by atoms with Crippen LogP contribution >= 0.6 is 0 Å². The summed E-state index contributed by atoms with van der Waals surface area (Å²) in [5.74, 6) is -0.597. The van der Waals surface area contributed by atoms with E-state index in [0.29, 0.717) is 44.7 Å². The van der Waals surface area contributed by atoms with Gasteiger partial charge in [-0.05, 0) is 23.8 Å². The van der Waals surface area contributed by atoms with Gasteiger partial charge >= 0.3 is 0 Å². The lowest BCUT2D eigenvalue weighted by molar-refractivity contribution is -0.181. The maximum absolute atomic E-state index is 13.3. The molecule has 2 fully saturated rings. The maximum atomic E-state index is 13.3. The van der Waals surface area contributed by atoms with E-state index in [4.69, 9.17) is 14.2 Å². The van der Waals surface area contributed by atoms with Gasteiger partial charge in [-0.15, -0.1) is 0 Å². The van der Waals surface area contributed by atoms with Crippen molar-refractivity contribution in [2.75, 3.05) is 40.5 Å². The molecule has 8 nitrogen and oxygen atoms in total. The summed E-state index contributed by atoms with van der Waals surface area (Å²) in [6.45, 7) is 2.33. The fourth-order valence-corrected chi connectivity index (χ4v) is 5.46. The number of carbonyl (C=O) groups is 1. The molecule has 172 valence electrons. The first kappa shape index (κ1) is 22.7. The molecule has 0 saturated carbocycles. The normalized spacial score (nSPS) is 18.3. The summed E-state index contributed by atoms with van der Waals surface area (Å²) >= 11 is 0. The van der Waals surface area contributed by atoms with Gasteiger partial charge in [-0.1, -0.05) is 30.3 Å². The fraction of sp³-hybridized carbons (Fsp3) is 0.435. The van der Waals surface area contributed by atoms with E-state index in [1.807, 2.05) is 30.3 Å². The molecule has 2 aromatic rings. The third kappa shape index (κ3) is 4.52. The zero-order valence-corrected chi connectivity index (χ0v) is 19.1. The number of benzene rings is 2. The highest BCUT2D eigenvalue weighted by Gasteiger charge is 2.41. The van der Waals surface area contributed by atoms with E-state index < -0.39 is 15.8 Å². The minimum atomic E-state index is -3.89. The Kier molecular flexibility index (Phi) is 6.52. The first-order valence-corrected chi connectivity index (χ1v) is 12.0. The number of hydrogen-bond acceptors (Lipinski definition) is 6. The van der Waals surface area contributed by atoms with Gasteiger partial charge in [0.05, 0.1) is 20.3 Å². The van der Waals surface area contributed by atoms with Crippen LogP contribution in [0.25, 0.3) is 0 Å². The number of sulfonamides is 1. The molecule has 1 amide bonds. The van der Waals surface area contributed by atoms with E-state index in [1.165, 1.54) is 30.6 Å². The zero-order chi connectivity index (χ0) is 22.8. The molecule has 0 bridgehead atoms. The van der Waals surface area contributed by atoms with Crippen LogP contribution in [0.1, 0.15) is 28.8 Å². The summed E-state index contributed by atoms with van der Waals surface area (Å²) in [6, 6.07) is 13.9. The number of rotatable bonds is 6. The van der Waals surface area contributed by atoms with Crippen molar-refractivity contribution in [3.05, 3.63) is 59.7 Å². The summed E-state index contributed by atoms with van der Waals surface area (Å²) in [5.41, 5.74) is 1.17. The van der Waals surface area contributed by atoms with Crippen molar-refractivity contribution in [2.45, 2.75) is 30.1 Å². The van der Waals surface area contributed by atoms with Gasteiger partial charge in [-0.2, -0.15) is 4.31 Å². The molecule has 2 aliphatic rings. The summed E-state index contributed by atoms with van der Waals surface area (Å²) in [5, 5.41) is 0. The molecule has 2 aromatic carbocycles. The Morgan fingerprint density at radius 3 is 2.38 bits per heavy atom. The first-order valence-electron chi connectivity index (χ1n) is 10.6. The molecule has 1 spiro atoms. The molecule has 0 aliphatic carbocycles. The van der Waals surface area contributed by atoms with Crippen molar-refractivity contribution in [3.8, 4) is 5.75 Å². The second-order valence-electron chi connectivity index (χ2n) is 8.01. The number of nitrogens with zero attached hydrogens (tertiary/aromatic N) is 2. The van der Waals surface area contributed by atoms with Crippen molar-refractivity contribution in [2.24, 2.45) is 0 Å². The van der Waals surface area contributed by atoms with Gasteiger partial charge in [0, 0.05) is 45.1 Å². The average Bonchev–Trinajstić information content (AvgIpc) is 3.27. The topological polar surface area (TPSA) is 85.4 Å². The van der Waals surface area contributed by atoms with Gasteiger partial charge in [0.2, 0.25) is 10.0 Å². The van der Waals surface area contributed by atoms with Crippen molar-refractivity contribution in [1.29, 1.82) is 0 Å². The zero-order valence-electron chi connectivity index (χ0n) is 18.3.